The fourth-order valence-corrected chi connectivity index (χ4v) is 4.38. The molecule has 1 aliphatic heterocycles. The monoisotopic (exact) mass is 363 g/mol. The lowest BCUT2D eigenvalue weighted by atomic mass is 9.98. The van der Waals surface area contributed by atoms with Crippen molar-refractivity contribution in [2.45, 2.75) is 31.7 Å². The SMILES string of the molecule is C=CC(=O)C1CCCCNC1=O.CO[Si](CCCS)(OC)OC. The number of carbonyl (C=O) groups excluding carboxylic acids is 2. The number of ketones is 1. The molecule has 23 heavy (non-hydrogen) atoms. The van der Waals surface area contributed by atoms with Crippen LogP contribution in [0.15, 0.2) is 12.7 Å². The standard InChI is InChI=1S/C9H13NO2.C6H16O3SSi/c1-2-8(11)7-5-3-4-6-10-9(7)12;1-7-11(8-2,9-3)6-4-5-10/h2,7H,1,3-6H2,(H,10,12);10H,4-6H2,1-3H3. The minimum Gasteiger partial charge on any atom is -0.377 e. The first-order valence-electron chi connectivity index (χ1n) is 7.70. The molecule has 0 radical (unpaired) electrons. The van der Waals surface area contributed by atoms with Gasteiger partial charge in [-0.25, -0.2) is 0 Å². The number of hydrogen-bond acceptors (Lipinski definition) is 6. The van der Waals surface area contributed by atoms with Crippen molar-refractivity contribution in [2.75, 3.05) is 33.6 Å². The number of thiol groups is 1. The third kappa shape index (κ3) is 8.12. The van der Waals surface area contributed by atoms with Crippen molar-refractivity contribution in [1.29, 1.82) is 0 Å². The predicted octanol–water partition coefficient (Wildman–Crippen LogP) is 1.84. The Hall–Kier alpha value is -0.673. The van der Waals surface area contributed by atoms with E-state index in [0.29, 0.717) is 13.0 Å². The fourth-order valence-electron chi connectivity index (χ4n) is 2.20. The van der Waals surface area contributed by atoms with E-state index in [2.05, 4.69) is 24.5 Å². The first kappa shape index (κ1) is 22.3. The molecule has 6 nitrogen and oxygen atoms in total. The van der Waals surface area contributed by atoms with Gasteiger partial charge in [-0.05, 0) is 31.1 Å². The Morgan fingerprint density at radius 2 is 1.96 bits per heavy atom. The lowest BCUT2D eigenvalue weighted by Crippen LogP contribution is -2.42. The van der Waals surface area contributed by atoms with Gasteiger partial charge in [0.2, 0.25) is 5.91 Å². The van der Waals surface area contributed by atoms with Crippen LogP contribution < -0.4 is 5.32 Å². The number of carbonyl (C=O) groups is 2. The summed E-state index contributed by atoms with van der Waals surface area (Å²) in [6.07, 6.45) is 4.76. The summed E-state index contributed by atoms with van der Waals surface area (Å²) in [5.74, 6) is 0.0574. The van der Waals surface area contributed by atoms with E-state index in [9.17, 15) is 9.59 Å². The zero-order valence-corrected chi connectivity index (χ0v) is 16.2. The molecule has 1 heterocycles. The lowest BCUT2D eigenvalue weighted by molar-refractivity contribution is -0.131. The molecule has 1 atom stereocenters. The lowest BCUT2D eigenvalue weighted by Gasteiger charge is -2.23. The zero-order chi connectivity index (χ0) is 17.7. The molecule has 134 valence electrons. The highest BCUT2D eigenvalue weighted by atomic mass is 32.1. The maximum Gasteiger partial charge on any atom is 0.500 e. The summed E-state index contributed by atoms with van der Waals surface area (Å²) < 4.78 is 15.6. The summed E-state index contributed by atoms with van der Waals surface area (Å²) in [5.41, 5.74) is 0. The Labute approximate surface area is 145 Å². The van der Waals surface area contributed by atoms with Gasteiger partial charge >= 0.3 is 8.80 Å². The average Bonchev–Trinajstić information content (AvgIpc) is 2.81. The van der Waals surface area contributed by atoms with Crippen LogP contribution in [-0.2, 0) is 22.9 Å². The van der Waals surface area contributed by atoms with Crippen LogP contribution in [0.2, 0.25) is 6.04 Å². The summed E-state index contributed by atoms with van der Waals surface area (Å²) in [4.78, 5) is 22.4. The van der Waals surface area contributed by atoms with Gasteiger partial charge < -0.3 is 18.6 Å². The van der Waals surface area contributed by atoms with Crippen molar-refractivity contribution in [3.8, 4) is 0 Å². The van der Waals surface area contributed by atoms with Crippen molar-refractivity contribution in [2.24, 2.45) is 5.92 Å². The van der Waals surface area contributed by atoms with E-state index in [1.807, 2.05) is 0 Å². The van der Waals surface area contributed by atoms with Gasteiger partial charge in [0.25, 0.3) is 0 Å². The van der Waals surface area contributed by atoms with Gasteiger partial charge in [-0.2, -0.15) is 12.6 Å². The molecule has 0 spiro atoms. The highest BCUT2D eigenvalue weighted by Crippen LogP contribution is 2.15. The van der Waals surface area contributed by atoms with E-state index in [0.717, 1.165) is 31.1 Å². The topological polar surface area (TPSA) is 73.9 Å². The maximum atomic E-state index is 11.2. The second-order valence-corrected chi connectivity index (χ2v) is 8.61. The van der Waals surface area contributed by atoms with Crippen LogP contribution in [0.4, 0.5) is 0 Å². The molecule has 0 aromatic heterocycles. The molecular weight excluding hydrogens is 334 g/mol. The van der Waals surface area contributed by atoms with Crippen molar-refractivity contribution in [1.82, 2.24) is 5.32 Å². The van der Waals surface area contributed by atoms with Crippen molar-refractivity contribution in [3.05, 3.63) is 12.7 Å². The van der Waals surface area contributed by atoms with Crippen LogP contribution in [0.25, 0.3) is 0 Å². The molecule has 0 aromatic rings. The average molecular weight is 364 g/mol. The second-order valence-electron chi connectivity index (χ2n) is 5.07. The van der Waals surface area contributed by atoms with E-state index < -0.39 is 14.7 Å². The van der Waals surface area contributed by atoms with Gasteiger partial charge in [-0.15, -0.1) is 0 Å². The van der Waals surface area contributed by atoms with Gasteiger partial charge in [0.05, 0.1) is 0 Å². The second kappa shape index (κ2) is 12.7. The van der Waals surface area contributed by atoms with Gasteiger partial charge in [0, 0.05) is 33.9 Å². The maximum absolute atomic E-state index is 11.2. The number of nitrogens with one attached hydrogen (secondary N) is 1. The molecule has 1 unspecified atom stereocenters. The Kier molecular flexibility index (Phi) is 12.3. The van der Waals surface area contributed by atoms with E-state index >= 15 is 0 Å². The number of hydrogen-bond donors (Lipinski definition) is 2. The summed E-state index contributed by atoms with van der Waals surface area (Å²) in [6.45, 7) is 4.07. The van der Waals surface area contributed by atoms with Crippen molar-refractivity contribution in [3.63, 3.8) is 0 Å². The highest BCUT2D eigenvalue weighted by molar-refractivity contribution is 7.80. The molecule has 8 heteroatoms. The molecular formula is C15H29NO5SSi. The Balaban J connectivity index is 0.000000423. The van der Waals surface area contributed by atoms with Crippen molar-refractivity contribution >= 4 is 33.1 Å². The third-order valence-electron chi connectivity index (χ3n) is 3.65. The smallest absolute Gasteiger partial charge is 0.377 e. The summed E-state index contributed by atoms with van der Waals surface area (Å²) in [7, 11) is 2.58. The van der Waals surface area contributed by atoms with Gasteiger partial charge in [-0.1, -0.05) is 13.0 Å². The molecule has 0 aliphatic carbocycles. The summed E-state index contributed by atoms with van der Waals surface area (Å²) in [6, 6.07) is 0.833. The summed E-state index contributed by atoms with van der Waals surface area (Å²) in [5, 5.41) is 2.70. The summed E-state index contributed by atoms with van der Waals surface area (Å²) >= 11 is 4.10. The third-order valence-corrected chi connectivity index (χ3v) is 6.80. The molecule has 1 aliphatic rings. The van der Waals surface area contributed by atoms with Crippen LogP contribution in [0.3, 0.4) is 0 Å². The normalized spacial score (nSPS) is 18.3. The van der Waals surface area contributed by atoms with Crippen LogP contribution in [0.1, 0.15) is 25.7 Å². The number of allylic oxidation sites excluding steroid dienone is 1. The molecule has 1 N–H and O–H groups in total. The molecule has 1 rings (SSSR count). The van der Waals surface area contributed by atoms with E-state index in [-0.39, 0.29) is 11.7 Å². The van der Waals surface area contributed by atoms with Crippen LogP contribution in [0, 0.1) is 5.92 Å². The minimum absolute atomic E-state index is 0.141. The van der Waals surface area contributed by atoms with Crippen LogP contribution in [0.5, 0.6) is 0 Å². The minimum atomic E-state index is -2.29. The highest BCUT2D eigenvalue weighted by Gasteiger charge is 2.36. The van der Waals surface area contributed by atoms with Gasteiger partial charge in [0.15, 0.2) is 5.78 Å². The van der Waals surface area contributed by atoms with Gasteiger partial charge in [-0.3, -0.25) is 9.59 Å². The van der Waals surface area contributed by atoms with Crippen LogP contribution in [-0.4, -0.2) is 54.1 Å². The molecule has 1 fully saturated rings. The van der Waals surface area contributed by atoms with E-state index in [1.54, 1.807) is 21.3 Å². The molecule has 1 amide bonds. The zero-order valence-electron chi connectivity index (χ0n) is 14.3. The number of amides is 1. The molecule has 0 aromatic carbocycles. The molecule has 0 bridgehead atoms. The largest absolute Gasteiger partial charge is 0.500 e. The first-order valence-corrected chi connectivity index (χ1v) is 10.3. The molecule has 1 saturated heterocycles. The molecule has 0 saturated carbocycles. The quantitative estimate of drug-likeness (QED) is 0.298. The van der Waals surface area contributed by atoms with Crippen LogP contribution >= 0.6 is 12.6 Å². The van der Waals surface area contributed by atoms with Gasteiger partial charge in [0.1, 0.15) is 5.92 Å². The Morgan fingerprint density at radius 3 is 2.43 bits per heavy atom. The fraction of sp³-hybridized carbons (Fsp3) is 0.733. The number of rotatable bonds is 8. The predicted molar refractivity (Wildman–Crippen MR) is 95.6 cm³/mol. The first-order chi connectivity index (χ1) is 11.0. The Bertz CT molecular complexity index is 369. The van der Waals surface area contributed by atoms with Crippen molar-refractivity contribution < 1.29 is 22.9 Å². The van der Waals surface area contributed by atoms with E-state index in [4.69, 9.17) is 13.3 Å². The Morgan fingerprint density at radius 1 is 1.35 bits per heavy atom. The van der Waals surface area contributed by atoms with E-state index in [1.165, 1.54) is 6.08 Å².